The Kier molecular flexibility index (Phi) is 3.51. The lowest BCUT2D eigenvalue weighted by molar-refractivity contribution is -0.142. The van der Waals surface area contributed by atoms with Crippen LogP contribution in [0.1, 0.15) is 18.5 Å². The number of likely N-dealkylation sites (tertiary alicyclic amines) is 1. The average Bonchev–Trinajstić information content (AvgIpc) is 2.76. The van der Waals surface area contributed by atoms with Crippen LogP contribution in [0, 0.1) is 0 Å². The van der Waals surface area contributed by atoms with E-state index in [2.05, 4.69) is 4.98 Å². The Morgan fingerprint density at radius 1 is 1.56 bits per heavy atom. The van der Waals surface area contributed by atoms with Crippen molar-refractivity contribution in [2.24, 2.45) is 0 Å². The van der Waals surface area contributed by atoms with E-state index in [1.54, 1.807) is 6.20 Å². The van der Waals surface area contributed by atoms with Gasteiger partial charge in [0.15, 0.2) is 0 Å². The molecule has 1 saturated heterocycles. The van der Waals surface area contributed by atoms with Crippen molar-refractivity contribution in [1.82, 2.24) is 9.88 Å². The fraction of sp³-hybridized carbons (Fsp3) is 0.500. The van der Waals surface area contributed by atoms with Crippen molar-refractivity contribution in [2.45, 2.75) is 25.3 Å². The molecule has 1 atom stereocenters. The molecule has 1 fully saturated rings. The van der Waals surface area contributed by atoms with E-state index in [9.17, 15) is 4.79 Å². The molecule has 0 radical (unpaired) electrons. The van der Waals surface area contributed by atoms with Crippen LogP contribution in [-0.2, 0) is 11.2 Å². The summed E-state index contributed by atoms with van der Waals surface area (Å²) < 4.78 is 0. The fourth-order valence-electron chi connectivity index (χ4n) is 2.18. The first kappa shape index (κ1) is 11.1. The van der Waals surface area contributed by atoms with Gasteiger partial charge in [-0.2, -0.15) is 0 Å². The quantitative estimate of drug-likeness (QED) is 0.827. The third-order valence-electron chi connectivity index (χ3n) is 3.03. The number of carbonyl (C=O) groups is 1. The first-order valence-electron chi connectivity index (χ1n) is 5.64. The molecule has 1 aliphatic heterocycles. The van der Waals surface area contributed by atoms with E-state index in [-0.39, 0.29) is 6.04 Å². The zero-order valence-electron chi connectivity index (χ0n) is 9.17. The Labute approximate surface area is 94.9 Å². The van der Waals surface area contributed by atoms with E-state index in [4.69, 9.17) is 5.11 Å². The molecule has 1 N–H and O–H groups in total. The maximum Gasteiger partial charge on any atom is 0.320 e. The monoisotopic (exact) mass is 220 g/mol. The summed E-state index contributed by atoms with van der Waals surface area (Å²) in [6, 6.07) is 5.54. The molecule has 2 heterocycles. The second-order valence-corrected chi connectivity index (χ2v) is 4.10. The highest BCUT2D eigenvalue weighted by Gasteiger charge is 2.29. The van der Waals surface area contributed by atoms with Gasteiger partial charge in [0.1, 0.15) is 6.04 Å². The predicted molar refractivity (Wildman–Crippen MR) is 60.2 cm³/mol. The molecule has 0 aliphatic carbocycles. The van der Waals surface area contributed by atoms with E-state index in [1.165, 1.54) is 0 Å². The van der Waals surface area contributed by atoms with Gasteiger partial charge in [0.25, 0.3) is 0 Å². The van der Waals surface area contributed by atoms with Gasteiger partial charge in [-0.1, -0.05) is 6.07 Å². The van der Waals surface area contributed by atoms with E-state index in [0.29, 0.717) is 0 Å². The molecule has 0 amide bonds. The molecule has 0 spiro atoms. The van der Waals surface area contributed by atoms with Crippen molar-refractivity contribution < 1.29 is 9.90 Å². The van der Waals surface area contributed by atoms with Crippen molar-refractivity contribution in [2.75, 3.05) is 13.1 Å². The summed E-state index contributed by atoms with van der Waals surface area (Å²) in [5.41, 5.74) is 1.03. The molecule has 16 heavy (non-hydrogen) atoms. The summed E-state index contributed by atoms with van der Waals surface area (Å²) in [7, 11) is 0. The van der Waals surface area contributed by atoms with E-state index in [1.807, 2.05) is 23.1 Å². The second kappa shape index (κ2) is 5.07. The number of aliphatic carboxylic acids is 1. The molecule has 2 rings (SSSR count). The van der Waals surface area contributed by atoms with Gasteiger partial charge >= 0.3 is 5.97 Å². The molecular weight excluding hydrogens is 204 g/mol. The van der Waals surface area contributed by atoms with Gasteiger partial charge in [0.05, 0.1) is 0 Å². The third kappa shape index (κ3) is 2.58. The minimum absolute atomic E-state index is 0.288. The van der Waals surface area contributed by atoms with Gasteiger partial charge in [0.2, 0.25) is 0 Å². The maximum absolute atomic E-state index is 11.0. The number of hydrogen-bond acceptors (Lipinski definition) is 3. The lowest BCUT2D eigenvalue weighted by Gasteiger charge is -2.20. The van der Waals surface area contributed by atoms with Crippen molar-refractivity contribution in [3.8, 4) is 0 Å². The molecule has 0 unspecified atom stereocenters. The van der Waals surface area contributed by atoms with E-state index in [0.717, 1.165) is 38.0 Å². The Balaban J connectivity index is 1.88. The molecule has 4 nitrogen and oxygen atoms in total. The van der Waals surface area contributed by atoms with Crippen LogP contribution in [0.2, 0.25) is 0 Å². The minimum atomic E-state index is -0.696. The average molecular weight is 220 g/mol. The summed E-state index contributed by atoms with van der Waals surface area (Å²) in [6.07, 6.45) is 4.36. The largest absolute Gasteiger partial charge is 0.480 e. The topological polar surface area (TPSA) is 53.4 Å². The van der Waals surface area contributed by atoms with Gasteiger partial charge in [-0.05, 0) is 31.5 Å². The summed E-state index contributed by atoms with van der Waals surface area (Å²) in [4.78, 5) is 17.2. The zero-order valence-corrected chi connectivity index (χ0v) is 9.17. The molecule has 0 aromatic carbocycles. The molecule has 86 valence electrons. The standard InChI is InChI=1S/C12H16N2O2/c15-12(16)11-5-3-8-14(11)9-6-10-4-1-2-7-13-10/h1-2,4,7,11H,3,5-6,8-9H2,(H,15,16)/t11-/m1/s1. The first-order chi connectivity index (χ1) is 7.77. The molecular formula is C12H16N2O2. The molecule has 1 aromatic rings. The Morgan fingerprint density at radius 3 is 3.12 bits per heavy atom. The van der Waals surface area contributed by atoms with Crippen LogP contribution in [0.15, 0.2) is 24.4 Å². The smallest absolute Gasteiger partial charge is 0.320 e. The van der Waals surface area contributed by atoms with Crippen LogP contribution >= 0.6 is 0 Å². The van der Waals surface area contributed by atoms with Gasteiger partial charge < -0.3 is 5.11 Å². The van der Waals surface area contributed by atoms with Crippen LogP contribution in [0.25, 0.3) is 0 Å². The van der Waals surface area contributed by atoms with Crippen LogP contribution < -0.4 is 0 Å². The molecule has 0 bridgehead atoms. The minimum Gasteiger partial charge on any atom is -0.480 e. The highest BCUT2D eigenvalue weighted by molar-refractivity contribution is 5.73. The number of carboxylic acids is 1. The van der Waals surface area contributed by atoms with Crippen molar-refractivity contribution in [1.29, 1.82) is 0 Å². The Morgan fingerprint density at radius 2 is 2.44 bits per heavy atom. The number of pyridine rings is 1. The number of aromatic nitrogens is 1. The van der Waals surface area contributed by atoms with Crippen LogP contribution in [0.5, 0.6) is 0 Å². The third-order valence-corrected chi connectivity index (χ3v) is 3.03. The highest BCUT2D eigenvalue weighted by Crippen LogP contribution is 2.17. The normalized spacial score (nSPS) is 21.1. The maximum atomic E-state index is 11.0. The molecule has 4 heteroatoms. The number of carboxylic acid groups (broad SMARTS) is 1. The van der Waals surface area contributed by atoms with Gasteiger partial charge in [-0.3, -0.25) is 14.7 Å². The summed E-state index contributed by atoms with van der Waals surface area (Å²) in [5.74, 6) is -0.696. The van der Waals surface area contributed by atoms with Gasteiger partial charge in [-0.15, -0.1) is 0 Å². The van der Waals surface area contributed by atoms with Crippen molar-refractivity contribution >= 4 is 5.97 Å². The van der Waals surface area contributed by atoms with Gasteiger partial charge in [-0.25, -0.2) is 0 Å². The number of hydrogen-bond donors (Lipinski definition) is 1. The summed E-state index contributed by atoms with van der Waals surface area (Å²) >= 11 is 0. The lowest BCUT2D eigenvalue weighted by Crippen LogP contribution is -2.37. The highest BCUT2D eigenvalue weighted by atomic mass is 16.4. The van der Waals surface area contributed by atoms with Crippen molar-refractivity contribution in [3.63, 3.8) is 0 Å². The first-order valence-corrected chi connectivity index (χ1v) is 5.64. The van der Waals surface area contributed by atoms with Crippen molar-refractivity contribution in [3.05, 3.63) is 30.1 Å². The fourth-order valence-corrected chi connectivity index (χ4v) is 2.18. The predicted octanol–water partition coefficient (Wildman–Crippen LogP) is 1.17. The number of rotatable bonds is 4. The number of nitrogens with zero attached hydrogens (tertiary/aromatic N) is 2. The van der Waals surface area contributed by atoms with E-state index >= 15 is 0 Å². The Hall–Kier alpha value is -1.42. The van der Waals surface area contributed by atoms with Gasteiger partial charge in [0, 0.05) is 24.9 Å². The van der Waals surface area contributed by atoms with Crippen LogP contribution in [0.4, 0.5) is 0 Å². The lowest BCUT2D eigenvalue weighted by atomic mass is 10.2. The van der Waals surface area contributed by atoms with Crippen LogP contribution in [0.3, 0.4) is 0 Å². The van der Waals surface area contributed by atoms with Crippen LogP contribution in [-0.4, -0.2) is 40.1 Å². The SMILES string of the molecule is O=C(O)[C@H]1CCCN1CCc1ccccn1. The molecule has 0 saturated carbocycles. The molecule has 1 aliphatic rings. The molecule has 1 aromatic heterocycles. The second-order valence-electron chi connectivity index (χ2n) is 4.10. The summed E-state index contributed by atoms with van der Waals surface area (Å²) in [6.45, 7) is 1.68. The Bertz CT molecular complexity index is 353. The zero-order chi connectivity index (χ0) is 11.4. The summed E-state index contributed by atoms with van der Waals surface area (Å²) in [5, 5.41) is 9.02. The van der Waals surface area contributed by atoms with E-state index < -0.39 is 5.97 Å².